The third-order valence-corrected chi connectivity index (χ3v) is 3.22. The Kier molecular flexibility index (Phi) is 5.31. The number of pyridine rings is 1. The lowest BCUT2D eigenvalue weighted by atomic mass is 10.2. The van der Waals surface area contributed by atoms with Crippen molar-refractivity contribution in [2.75, 3.05) is 18.5 Å². The molecule has 4 nitrogen and oxygen atoms in total. The first-order chi connectivity index (χ1) is 10.6. The van der Waals surface area contributed by atoms with E-state index in [0.717, 1.165) is 23.4 Å². The first-order valence-electron chi connectivity index (χ1n) is 7.20. The van der Waals surface area contributed by atoms with Crippen LogP contribution < -0.4 is 10.2 Å². The number of nitrogens with one attached hydrogen (secondary N) is 1. The molecular formula is C18H21N3O. The van der Waals surface area contributed by atoms with Crippen molar-refractivity contribution in [1.82, 2.24) is 10.3 Å². The molecule has 0 saturated heterocycles. The van der Waals surface area contributed by atoms with Gasteiger partial charge in [0, 0.05) is 32.0 Å². The van der Waals surface area contributed by atoms with E-state index in [2.05, 4.69) is 16.9 Å². The van der Waals surface area contributed by atoms with E-state index in [-0.39, 0.29) is 5.91 Å². The summed E-state index contributed by atoms with van der Waals surface area (Å²) in [6, 6.07) is 13.5. The highest BCUT2D eigenvalue weighted by Gasteiger charge is 2.09. The van der Waals surface area contributed by atoms with Gasteiger partial charge in [0.15, 0.2) is 0 Å². The second-order valence-corrected chi connectivity index (χ2v) is 5.38. The number of hydrogen-bond acceptors (Lipinski definition) is 3. The van der Waals surface area contributed by atoms with Crippen molar-refractivity contribution in [3.05, 3.63) is 72.1 Å². The van der Waals surface area contributed by atoms with Gasteiger partial charge < -0.3 is 10.2 Å². The molecule has 0 aliphatic rings. The number of hydrogen-bond donors (Lipinski definition) is 1. The lowest BCUT2D eigenvalue weighted by Crippen LogP contribution is -2.25. The molecule has 22 heavy (non-hydrogen) atoms. The number of carbonyl (C=O) groups is 1. The SMILES string of the molecule is C=C(C)CN(C)c1ccnc(C(=O)NCc2ccccc2)c1. The fourth-order valence-electron chi connectivity index (χ4n) is 2.15. The van der Waals surface area contributed by atoms with Crippen LogP contribution in [0, 0.1) is 0 Å². The Labute approximate surface area is 131 Å². The minimum Gasteiger partial charge on any atom is -0.371 e. The number of likely N-dealkylation sites (N-methyl/N-ethyl adjacent to an activating group) is 1. The predicted molar refractivity (Wildman–Crippen MR) is 89.9 cm³/mol. The number of aromatic nitrogens is 1. The zero-order chi connectivity index (χ0) is 15.9. The zero-order valence-electron chi connectivity index (χ0n) is 13.0. The molecular weight excluding hydrogens is 274 g/mol. The summed E-state index contributed by atoms with van der Waals surface area (Å²) in [5.41, 5.74) is 3.49. The molecule has 2 rings (SSSR count). The van der Waals surface area contributed by atoms with E-state index in [4.69, 9.17) is 0 Å². The highest BCUT2D eigenvalue weighted by molar-refractivity contribution is 5.93. The average molecular weight is 295 g/mol. The van der Waals surface area contributed by atoms with Gasteiger partial charge in [-0.25, -0.2) is 0 Å². The number of benzene rings is 1. The van der Waals surface area contributed by atoms with Crippen LogP contribution in [0.15, 0.2) is 60.8 Å². The zero-order valence-corrected chi connectivity index (χ0v) is 13.0. The average Bonchev–Trinajstić information content (AvgIpc) is 2.53. The van der Waals surface area contributed by atoms with Crippen molar-refractivity contribution in [3.8, 4) is 0 Å². The highest BCUT2D eigenvalue weighted by atomic mass is 16.1. The Hall–Kier alpha value is -2.62. The first-order valence-corrected chi connectivity index (χ1v) is 7.20. The standard InChI is InChI=1S/C18H21N3O/c1-14(2)13-21(3)16-9-10-19-17(11-16)18(22)20-12-15-7-5-4-6-8-15/h4-11H,1,12-13H2,2-3H3,(H,20,22). The van der Waals surface area contributed by atoms with Gasteiger partial charge in [-0.15, -0.1) is 0 Å². The molecule has 2 aromatic rings. The molecule has 0 spiro atoms. The third kappa shape index (κ3) is 4.45. The van der Waals surface area contributed by atoms with Gasteiger partial charge in [-0.2, -0.15) is 0 Å². The van der Waals surface area contributed by atoms with E-state index in [1.54, 1.807) is 12.3 Å². The van der Waals surface area contributed by atoms with E-state index in [1.165, 1.54) is 0 Å². The van der Waals surface area contributed by atoms with Crippen molar-refractivity contribution >= 4 is 11.6 Å². The molecule has 0 atom stereocenters. The van der Waals surface area contributed by atoms with Crippen LogP contribution in [0.4, 0.5) is 5.69 Å². The highest BCUT2D eigenvalue weighted by Crippen LogP contribution is 2.14. The molecule has 1 aromatic carbocycles. The minimum absolute atomic E-state index is 0.172. The van der Waals surface area contributed by atoms with Crippen molar-refractivity contribution in [1.29, 1.82) is 0 Å². The van der Waals surface area contributed by atoms with E-state index >= 15 is 0 Å². The fraction of sp³-hybridized carbons (Fsp3) is 0.222. The van der Waals surface area contributed by atoms with Crippen LogP contribution in [0.3, 0.4) is 0 Å². The summed E-state index contributed by atoms with van der Waals surface area (Å²) in [5, 5.41) is 2.88. The van der Waals surface area contributed by atoms with Gasteiger partial charge in [0.25, 0.3) is 5.91 Å². The van der Waals surface area contributed by atoms with Crippen molar-refractivity contribution in [3.63, 3.8) is 0 Å². The van der Waals surface area contributed by atoms with E-state index in [1.807, 2.05) is 55.3 Å². The van der Waals surface area contributed by atoms with Crippen molar-refractivity contribution < 1.29 is 4.79 Å². The molecule has 0 fully saturated rings. The van der Waals surface area contributed by atoms with Crippen LogP contribution in [0.25, 0.3) is 0 Å². The van der Waals surface area contributed by atoms with Crippen LogP contribution in [-0.2, 0) is 6.54 Å². The van der Waals surface area contributed by atoms with Crippen LogP contribution >= 0.6 is 0 Å². The Morgan fingerprint density at radius 2 is 2.00 bits per heavy atom. The normalized spacial score (nSPS) is 10.1. The summed E-state index contributed by atoms with van der Waals surface area (Å²) in [4.78, 5) is 18.4. The van der Waals surface area contributed by atoms with Crippen LogP contribution in [-0.4, -0.2) is 24.5 Å². The summed E-state index contributed by atoms with van der Waals surface area (Å²) >= 11 is 0. The Morgan fingerprint density at radius 3 is 2.68 bits per heavy atom. The topological polar surface area (TPSA) is 45.2 Å². The molecule has 1 N–H and O–H groups in total. The summed E-state index contributed by atoms with van der Waals surface area (Å²) in [7, 11) is 1.97. The molecule has 1 amide bonds. The molecule has 0 radical (unpaired) electrons. The number of nitrogens with zero attached hydrogens (tertiary/aromatic N) is 2. The van der Waals surface area contributed by atoms with Gasteiger partial charge in [0.1, 0.15) is 5.69 Å². The van der Waals surface area contributed by atoms with E-state index < -0.39 is 0 Å². The molecule has 1 heterocycles. The van der Waals surface area contributed by atoms with E-state index in [9.17, 15) is 4.79 Å². The summed E-state index contributed by atoms with van der Waals surface area (Å²) < 4.78 is 0. The Balaban J connectivity index is 2.02. The monoisotopic (exact) mass is 295 g/mol. The van der Waals surface area contributed by atoms with Gasteiger partial charge in [-0.1, -0.05) is 42.5 Å². The second kappa shape index (κ2) is 7.41. The first kappa shape index (κ1) is 15.8. The molecule has 4 heteroatoms. The number of carbonyl (C=O) groups excluding carboxylic acids is 1. The van der Waals surface area contributed by atoms with Gasteiger partial charge in [-0.3, -0.25) is 9.78 Å². The largest absolute Gasteiger partial charge is 0.371 e. The van der Waals surface area contributed by atoms with Crippen molar-refractivity contribution in [2.24, 2.45) is 0 Å². The lowest BCUT2D eigenvalue weighted by Gasteiger charge is -2.19. The van der Waals surface area contributed by atoms with Gasteiger partial charge in [0.2, 0.25) is 0 Å². The van der Waals surface area contributed by atoms with Gasteiger partial charge in [-0.05, 0) is 24.6 Å². The summed E-state index contributed by atoms with van der Waals surface area (Å²) in [6.07, 6.45) is 1.65. The number of amides is 1. The Morgan fingerprint density at radius 1 is 1.27 bits per heavy atom. The predicted octanol–water partition coefficient (Wildman–Crippen LogP) is 3.02. The maximum absolute atomic E-state index is 12.2. The maximum atomic E-state index is 12.2. The fourth-order valence-corrected chi connectivity index (χ4v) is 2.15. The van der Waals surface area contributed by atoms with Gasteiger partial charge >= 0.3 is 0 Å². The Bertz CT molecular complexity index is 652. The number of anilines is 1. The second-order valence-electron chi connectivity index (χ2n) is 5.38. The quantitative estimate of drug-likeness (QED) is 0.833. The maximum Gasteiger partial charge on any atom is 0.270 e. The molecule has 1 aromatic heterocycles. The van der Waals surface area contributed by atoms with Gasteiger partial charge in [0.05, 0.1) is 0 Å². The molecule has 0 aliphatic carbocycles. The summed E-state index contributed by atoms with van der Waals surface area (Å²) in [6.45, 7) is 7.12. The molecule has 0 unspecified atom stereocenters. The van der Waals surface area contributed by atoms with Crippen molar-refractivity contribution in [2.45, 2.75) is 13.5 Å². The molecule has 0 bridgehead atoms. The lowest BCUT2D eigenvalue weighted by molar-refractivity contribution is 0.0946. The van der Waals surface area contributed by atoms with Crippen LogP contribution in [0.1, 0.15) is 23.0 Å². The van der Waals surface area contributed by atoms with E-state index in [0.29, 0.717) is 12.2 Å². The van der Waals surface area contributed by atoms with Crippen LogP contribution in [0.5, 0.6) is 0 Å². The van der Waals surface area contributed by atoms with Crippen LogP contribution in [0.2, 0.25) is 0 Å². The summed E-state index contributed by atoms with van der Waals surface area (Å²) in [5.74, 6) is -0.172. The minimum atomic E-state index is -0.172. The molecule has 0 aliphatic heterocycles. The smallest absolute Gasteiger partial charge is 0.270 e. The molecule has 114 valence electrons. The third-order valence-electron chi connectivity index (χ3n) is 3.22. The molecule has 0 saturated carbocycles. The number of rotatable bonds is 6.